The second-order valence-corrected chi connectivity index (χ2v) is 9.27. The van der Waals surface area contributed by atoms with E-state index < -0.39 is 29.3 Å². The number of methoxy groups -OCH3 is 1. The van der Waals surface area contributed by atoms with Crippen molar-refractivity contribution in [2.75, 3.05) is 12.0 Å². The molecule has 2 heterocycles. The molecule has 1 fully saturated rings. The number of anilines is 1. The van der Waals surface area contributed by atoms with Crippen LogP contribution >= 0.6 is 11.3 Å². The Labute approximate surface area is 209 Å². The van der Waals surface area contributed by atoms with E-state index in [2.05, 4.69) is 4.98 Å². The van der Waals surface area contributed by atoms with Crippen LogP contribution in [0.2, 0.25) is 0 Å². The van der Waals surface area contributed by atoms with E-state index in [0.29, 0.717) is 11.1 Å². The van der Waals surface area contributed by atoms with E-state index in [4.69, 9.17) is 4.74 Å². The fourth-order valence-electron chi connectivity index (χ4n) is 4.25. The summed E-state index contributed by atoms with van der Waals surface area (Å²) in [6, 6.07) is 14.1. The summed E-state index contributed by atoms with van der Waals surface area (Å²) in [5.74, 6) is -2.69. The Morgan fingerprint density at radius 3 is 2.56 bits per heavy atom. The van der Waals surface area contributed by atoms with Crippen LogP contribution < -0.4 is 9.64 Å². The molecule has 1 aliphatic rings. The van der Waals surface area contributed by atoms with Gasteiger partial charge in [-0.15, -0.1) is 0 Å². The van der Waals surface area contributed by atoms with Crippen molar-refractivity contribution in [3.63, 3.8) is 0 Å². The summed E-state index contributed by atoms with van der Waals surface area (Å²) in [6.07, 6.45) is 0.832. The molecule has 0 bridgehead atoms. The third-order valence-electron chi connectivity index (χ3n) is 6.14. The van der Waals surface area contributed by atoms with Crippen molar-refractivity contribution < 1.29 is 28.9 Å². The average Bonchev–Trinajstić information content (AvgIpc) is 3.42. The summed E-state index contributed by atoms with van der Waals surface area (Å²) in [5.41, 5.74) is 2.21. The summed E-state index contributed by atoms with van der Waals surface area (Å²) in [7, 11) is 1.38. The standard InChI is InChI=1S/C27H21FN2O5S/c1-3-14-4-10-18-21(12-14)36-27(29-18)30-23(16-7-11-19(31)20(13-16)35-2)22(25(33)26(30)34)24(32)15-5-8-17(28)9-6-15/h4-13,23,31-32H,3H2,1-2H3/b24-22+/t23-/m0/s1. The number of aliphatic hydroxyl groups is 1. The number of aliphatic hydroxyl groups excluding tert-OH is 1. The second kappa shape index (κ2) is 9.09. The average molecular weight is 505 g/mol. The first kappa shape index (κ1) is 23.5. The fourth-order valence-corrected chi connectivity index (χ4v) is 5.31. The third-order valence-corrected chi connectivity index (χ3v) is 7.15. The lowest BCUT2D eigenvalue weighted by molar-refractivity contribution is -0.132. The van der Waals surface area contributed by atoms with Crippen molar-refractivity contribution in [3.05, 3.63) is 88.7 Å². The highest BCUT2D eigenvalue weighted by atomic mass is 32.1. The van der Waals surface area contributed by atoms with Crippen LogP contribution in [-0.4, -0.2) is 34.0 Å². The van der Waals surface area contributed by atoms with Gasteiger partial charge in [-0.05, 0) is 66.1 Å². The molecule has 0 spiro atoms. The van der Waals surface area contributed by atoms with Crippen molar-refractivity contribution in [2.24, 2.45) is 0 Å². The molecule has 2 N–H and O–H groups in total. The number of thiazole rings is 1. The first-order valence-electron chi connectivity index (χ1n) is 11.2. The number of ether oxygens (including phenoxy) is 1. The monoisotopic (exact) mass is 504 g/mol. The predicted octanol–water partition coefficient (Wildman–Crippen LogP) is 5.34. The second-order valence-electron chi connectivity index (χ2n) is 8.26. The van der Waals surface area contributed by atoms with Crippen LogP contribution in [0.3, 0.4) is 0 Å². The molecule has 1 amide bonds. The van der Waals surface area contributed by atoms with E-state index >= 15 is 0 Å². The van der Waals surface area contributed by atoms with Gasteiger partial charge in [0.05, 0.1) is 28.9 Å². The van der Waals surface area contributed by atoms with Gasteiger partial charge >= 0.3 is 5.91 Å². The molecule has 1 atom stereocenters. The van der Waals surface area contributed by atoms with Crippen molar-refractivity contribution in [1.82, 2.24) is 4.98 Å². The zero-order valence-corrected chi connectivity index (χ0v) is 20.2. The molecule has 5 rings (SSSR count). The van der Waals surface area contributed by atoms with Gasteiger partial charge in [0.1, 0.15) is 11.6 Å². The number of phenols is 1. The van der Waals surface area contributed by atoms with Crippen LogP contribution in [-0.2, 0) is 16.0 Å². The van der Waals surface area contributed by atoms with E-state index in [0.717, 1.165) is 28.8 Å². The van der Waals surface area contributed by atoms with E-state index in [1.165, 1.54) is 47.6 Å². The Kier molecular flexibility index (Phi) is 5.93. The number of aromatic hydroxyl groups is 1. The number of nitrogens with zero attached hydrogens (tertiary/aromatic N) is 2. The fraction of sp³-hybridized carbons (Fsp3) is 0.148. The molecule has 4 aromatic rings. The zero-order valence-electron chi connectivity index (χ0n) is 19.4. The number of ketones is 1. The number of carbonyl (C=O) groups excluding carboxylic acids is 2. The molecule has 1 aliphatic heterocycles. The molecular weight excluding hydrogens is 483 g/mol. The number of halogens is 1. The number of aromatic nitrogens is 1. The van der Waals surface area contributed by atoms with Crippen LogP contribution in [0.1, 0.15) is 29.7 Å². The molecule has 0 radical (unpaired) electrons. The summed E-state index contributed by atoms with van der Waals surface area (Å²) in [4.78, 5) is 32.5. The lowest BCUT2D eigenvalue weighted by Crippen LogP contribution is -2.29. The highest BCUT2D eigenvalue weighted by Gasteiger charge is 2.48. The minimum Gasteiger partial charge on any atom is -0.507 e. The summed E-state index contributed by atoms with van der Waals surface area (Å²) in [5, 5.41) is 21.5. The lowest BCUT2D eigenvalue weighted by Gasteiger charge is -2.23. The normalized spacial score (nSPS) is 17.2. The highest BCUT2D eigenvalue weighted by Crippen LogP contribution is 2.45. The Balaban J connectivity index is 1.74. The molecule has 0 saturated carbocycles. The van der Waals surface area contributed by atoms with Gasteiger partial charge in [-0.3, -0.25) is 14.5 Å². The SMILES string of the molecule is CCc1ccc2nc(N3C(=O)C(=O)/C(=C(/O)c4ccc(F)cc4)[C@@H]3c3ccc(O)c(OC)c3)sc2c1. The van der Waals surface area contributed by atoms with Crippen LogP contribution in [0.25, 0.3) is 16.0 Å². The summed E-state index contributed by atoms with van der Waals surface area (Å²) < 4.78 is 19.6. The van der Waals surface area contributed by atoms with E-state index in [-0.39, 0.29) is 27.8 Å². The van der Waals surface area contributed by atoms with Crippen molar-refractivity contribution >= 4 is 44.1 Å². The Hall–Kier alpha value is -4.24. The molecule has 9 heteroatoms. The van der Waals surface area contributed by atoms with Gasteiger partial charge in [0.25, 0.3) is 5.78 Å². The minimum absolute atomic E-state index is 0.121. The van der Waals surface area contributed by atoms with Crippen molar-refractivity contribution in [2.45, 2.75) is 19.4 Å². The predicted molar refractivity (Wildman–Crippen MR) is 135 cm³/mol. The number of hydrogen-bond acceptors (Lipinski definition) is 7. The smallest absolute Gasteiger partial charge is 0.301 e. The Morgan fingerprint density at radius 1 is 1.11 bits per heavy atom. The highest BCUT2D eigenvalue weighted by molar-refractivity contribution is 7.22. The Bertz CT molecular complexity index is 1540. The van der Waals surface area contributed by atoms with Crippen molar-refractivity contribution in [3.8, 4) is 11.5 Å². The molecule has 182 valence electrons. The van der Waals surface area contributed by atoms with Gasteiger partial charge in [0.2, 0.25) is 0 Å². The molecule has 7 nitrogen and oxygen atoms in total. The molecule has 1 saturated heterocycles. The lowest BCUT2D eigenvalue weighted by atomic mass is 9.95. The Morgan fingerprint density at radius 2 is 1.86 bits per heavy atom. The topological polar surface area (TPSA) is 100.0 Å². The van der Waals surface area contributed by atoms with Crippen LogP contribution in [0.4, 0.5) is 9.52 Å². The van der Waals surface area contributed by atoms with Gasteiger partial charge in [0.15, 0.2) is 16.6 Å². The minimum atomic E-state index is -1.06. The number of amides is 1. The third kappa shape index (κ3) is 3.87. The van der Waals surface area contributed by atoms with Crippen LogP contribution in [0.15, 0.2) is 66.2 Å². The zero-order chi connectivity index (χ0) is 25.6. The van der Waals surface area contributed by atoms with Gasteiger partial charge in [-0.1, -0.05) is 30.4 Å². The molecule has 1 aromatic heterocycles. The molecule has 3 aromatic carbocycles. The van der Waals surface area contributed by atoms with E-state index in [1.54, 1.807) is 6.07 Å². The number of hydrogen-bond donors (Lipinski definition) is 2. The molecule has 36 heavy (non-hydrogen) atoms. The quantitative estimate of drug-likeness (QED) is 0.216. The number of rotatable bonds is 5. The number of aryl methyl sites for hydroxylation is 1. The van der Waals surface area contributed by atoms with Gasteiger partial charge in [-0.25, -0.2) is 9.37 Å². The first-order valence-corrected chi connectivity index (χ1v) is 12.0. The number of phenolic OH excluding ortho intramolecular Hbond substituents is 1. The van der Waals surface area contributed by atoms with Gasteiger partial charge in [0, 0.05) is 5.56 Å². The number of benzene rings is 3. The molecule has 0 aliphatic carbocycles. The first-order chi connectivity index (χ1) is 17.3. The maximum Gasteiger partial charge on any atom is 0.301 e. The van der Waals surface area contributed by atoms with Gasteiger partial charge < -0.3 is 14.9 Å². The largest absolute Gasteiger partial charge is 0.507 e. The van der Waals surface area contributed by atoms with Crippen LogP contribution in [0, 0.1) is 5.82 Å². The van der Waals surface area contributed by atoms with E-state index in [1.807, 2.05) is 25.1 Å². The maximum atomic E-state index is 13.5. The number of Topliss-reactive ketones (excluding diaryl/α,β-unsaturated/α-hetero) is 1. The van der Waals surface area contributed by atoms with Crippen LogP contribution in [0.5, 0.6) is 11.5 Å². The number of fused-ring (bicyclic) bond motifs is 1. The van der Waals surface area contributed by atoms with Crippen molar-refractivity contribution in [1.29, 1.82) is 0 Å². The molecular formula is C27H21FN2O5S. The maximum absolute atomic E-state index is 13.5. The van der Waals surface area contributed by atoms with Gasteiger partial charge in [-0.2, -0.15) is 0 Å². The van der Waals surface area contributed by atoms with E-state index in [9.17, 15) is 24.2 Å². The molecule has 0 unspecified atom stereocenters. The summed E-state index contributed by atoms with van der Waals surface area (Å²) >= 11 is 1.26. The number of carbonyl (C=O) groups is 2. The summed E-state index contributed by atoms with van der Waals surface area (Å²) in [6.45, 7) is 2.04.